The number of benzene rings is 4. The molecule has 3 heterocycles. The van der Waals surface area contributed by atoms with Gasteiger partial charge in [0.25, 0.3) is 0 Å². The fourth-order valence-corrected chi connectivity index (χ4v) is 11.5. The lowest BCUT2D eigenvalue weighted by Crippen LogP contribution is -2.50. The number of allylic oxidation sites excluding steroid dienone is 2. The Bertz CT molecular complexity index is 2170. The third-order valence-corrected chi connectivity index (χ3v) is 15.7. The molecule has 0 N–H and O–H groups in total. The second-order valence-electron chi connectivity index (χ2n) is 16.7. The molecule has 0 bridgehead atoms. The van der Waals surface area contributed by atoms with Crippen LogP contribution in [-0.2, 0) is 0 Å². The van der Waals surface area contributed by atoms with Crippen LogP contribution in [0.3, 0.4) is 0 Å². The predicted molar refractivity (Wildman–Crippen MR) is 215 cm³/mol. The highest BCUT2D eigenvalue weighted by molar-refractivity contribution is 7.13. The molecule has 4 aromatic carbocycles. The van der Waals surface area contributed by atoms with Gasteiger partial charge in [-0.15, -0.1) is 0 Å². The van der Waals surface area contributed by atoms with Crippen LogP contribution in [0.4, 0.5) is 0 Å². The Morgan fingerprint density at radius 3 is 1.33 bits per heavy atom. The standard InChI is InChI=1S/C44H48N4O2Si/c1-41(2)43(5,6)47(49)39(45-41)33-25-21-31(22-26-33)37-35(29-17-13-11-14-18-29)36(30-19-15-12-16-20-30)38(51(37,9)10)32-23-27-34(28-24-32)40-46-42(3,4)44(7,8)48(40)50/h11-28H,1-10H3. The van der Waals surface area contributed by atoms with Crippen LogP contribution in [0.5, 0.6) is 0 Å². The minimum Gasteiger partial charge on any atom is -0.757 e. The van der Waals surface area contributed by atoms with Crippen LogP contribution < -0.4 is 0 Å². The second-order valence-corrected chi connectivity index (χ2v) is 21.0. The van der Waals surface area contributed by atoms with E-state index < -0.39 is 30.2 Å². The van der Waals surface area contributed by atoms with Crippen LogP contribution in [0.25, 0.3) is 21.5 Å². The van der Waals surface area contributed by atoms with Crippen molar-refractivity contribution in [1.82, 2.24) is 5.06 Å². The van der Waals surface area contributed by atoms with Crippen molar-refractivity contribution in [3.05, 3.63) is 153 Å². The largest absolute Gasteiger partial charge is 0.757 e. The van der Waals surface area contributed by atoms with Crippen molar-refractivity contribution in [3.63, 3.8) is 0 Å². The van der Waals surface area contributed by atoms with Gasteiger partial charge in [0.05, 0.1) is 11.1 Å². The van der Waals surface area contributed by atoms with Crippen LogP contribution in [0.15, 0.2) is 119 Å². The van der Waals surface area contributed by atoms with E-state index in [-0.39, 0.29) is 0 Å². The molecule has 4 aromatic rings. The van der Waals surface area contributed by atoms with Crippen LogP contribution in [0.1, 0.15) is 88.8 Å². The average molecular weight is 693 g/mol. The normalized spacial score (nSPS) is 21.3. The predicted octanol–water partition coefficient (Wildman–Crippen LogP) is 10.2. The molecule has 0 fully saturated rings. The lowest BCUT2D eigenvalue weighted by atomic mass is 9.84. The summed E-state index contributed by atoms with van der Waals surface area (Å²) < 4.78 is 1.08. The Morgan fingerprint density at radius 2 is 0.961 bits per heavy atom. The van der Waals surface area contributed by atoms with Gasteiger partial charge in [0.1, 0.15) is 13.9 Å². The molecule has 260 valence electrons. The summed E-state index contributed by atoms with van der Waals surface area (Å²) in [4.78, 5) is 23.2. The summed E-state index contributed by atoms with van der Waals surface area (Å²) in [5, 5.41) is 17.2. The number of hydrogen-bond acceptors (Lipinski definition) is 5. The Morgan fingerprint density at radius 1 is 0.549 bits per heavy atom. The van der Waals surface area contributed by atoms with Gasteiger partial charge < -0.3 is 10.3 Å². The molecular weight excluding hydrogens is 645 g/mol. The van der Waals surface area contributed by atoms with E-state index in [1.807, 2.05) is 55.4 Å². The summed E-state index contributed by atoms with van der Waals surface area (Å²) in [5.74, 6) is 0.965. The van der Waals surface area contributed by atoms with E-state index in [1.165, 1.54) is 32.7 Å². The molecule has 6 nitrogen and oxygen atoms in total. The number of rotatable bonds is 6. The van der Waals surface area contributed by atoms with Gasteiger partial charge in [-0.05, 0) is 116 Å². The highest BCUT2D eigenvalue weighted by Crippen LogP contribution is 2.55. The van der Waals surface area contributed by atoms with Gasteiger partial charge in [-0.25, -0.2) is 0 Å². The lowest BCUT2D eigenvalue weighted by molar-refractivity contribution is -0.514. The van der Waals surface area contributed by atoms with Crippen LogP contribution in [0, 0.1) is 10.1 Å². The van der Waals surface area contributed by atoms with Crippen molar-refractivity contribution in [2.24, 2.45) is 9.98 Å². The molecular formula is C44H48N4O2Si. The highest BCUT2D eigenvalue weighted by atomic mass is 28.3. The molecule has 0 saturated heterocycles. The number of hydroxylamine groups is 2. The molecule has 0 aliphatic carbocycles. The summed E-state index contributed by atoms with van der Waals surface area (Å²) in [6.07, 6.45) is 0. The number of amidine groups is 2. The third-order valence-electron chi connectivity index (χ3n) is 12.2. The van der Waals surface area contributed by atoms with Gasteiger partial charge in [0.2, 0.25) is 0 Å². The van der Waals surface area contributed by atoms with Gasteiger partial charge >= 0.3 is 5.84 Å². The van der Waals surface area contributed by atoms with Gasteiger partial charge in [-0.1, -0.05) is 120 Å². The Kier molecular flexibility index (Phi) is 7.93. The van der Waals surface area contributed by atoms with Gasteiger partial charge in [0, 0.05) is 11.1 Å². The first-order valence-electron chi connectivity index (χ1n) is 17.9. The fraction of sp³-hybridized carbons (Fsp3) is 0.318. The summed E-state index contributed by atoms with van der Waals surface area (Å²) in [6, 6.07) is 38.4. The van der Waals surface area contributed by atoms with Crippen molar-refractivity contribution >= 4 is 41.3 Å². The summed E-state index contributed by atoms with van der Waals surface area (Å²) in [5.41, 5.74) is 6.47. The molecule has 7 heteroatoms. The van der Waals surface area contributed by atoms with Crippen molar-refractivity contribution in [2.75, 3.05) is 0 Å². The molecule has 0 unspecified atom stereocenters. The first-order valence-corrected chi connectivity index (χ1v) is 20.9. The molecule has 0 radical (unpaired) electrons. The van der Waals surface area contributed by atoms with Crippen molar-refractivity contribution in [3.8, 4) is 0 Å². The topological polar surface area (TPSA) is 71.1 Å². The number of nitroso groups, excluding NO2 is 1. The molecule has 0 spiro atoms. The zero-order chi connectivity index (χ0) is 36.7. The van der Waals surface area contributed by atoms with E-state index in [0.717, 1.165) is 32.1 Å². The Labute approximate surface area is 303 Å². The van der Waals surface area contributed by atoms with Gasteiger partial charge in [-0.2, -0.15) is 0 Å². The summed E-state index contributed by atoms with van der Waals surface area (Å²) in [6.45, 7) is 20.8. The fourth-order valence-electron chi connectivity index (χ4n) is 7.65. The number of hydrogen-bond donors (Lipinski definition) is 0. The SMILES string of the molecule is CC1(C)N=C(c2ccc(C3=C(c4ccccc4)C(c4ccccc4)=C(c4ccc(C5=NC(C)(C)C(C)(C)[N+]5=O)cc4)[Si]3(C)C)cc2)N([O-])C1(C)C. The zero-order valence-corrected chi connectivity index (χ0v) is 32.5. The van der Waals surface area contributed by atoms with E-state index in [1.54, 1.807) is 0 Å². The first-order chi connectivity index (χ1) is 23.9. The molecule has 0 atom stereocenters. The van der Waals surface area contributed by atoms with Crippen LogP contribution in [-0.4, -0.2) is 51.7 Å². The highest BCUT2D eigenvalue weighted by Gasteiger charge is 2.59. The number of aliphatic imine (C=N–C) groups is 2. The van der Waals surface area contributed by atoms with E-state index in [4.69, 9.17) is 9.98 Å². The molecule has 0 amide bonds. The quantitative estimate of drug-likeness (QED) is 0.149. The molecule has 0 aromatic heterocycles. The lowest BCUT2D eigenvalue weighted by Gasteiger charge is -2.45. The van der Waals surface area contributed by atoms with E-state index >= 15 is 0 Å². The minimum absolute atomic E-state index is 0.482. The molecule has 0 saturated carbocycles. The Hall–Kier alpha value is -4.72. The summed E-state index contributed by atoms with van der Waals surface area (Å²) in [7, 11) is -2.43. The second kappa shape index (κ2) is 11.7. The maximum absolute atomic E-state index is 13.5. The first kappa shape index (κ1) is 34.7. The average Bonchev–Trinajstić information content (AvgIpc) is 3.52. The molecule has 3 aliphatic heterocycles. The maximum atomic E-state index is 13.5. The van der Waals surface area contributed by atoms with Crippen molar-refractivity contribution < 1.29 is 4.76 Å². The maximum Gasteiger partial charge on any atom is 0.364 e. The molecule has 51 heavy (non-hydrogen) atoms. The third kappa shape index (κ3) is 5.23. The van der Waals surface area contributed by atoms with Gasteiger partial charge in [-0.3, -0.25) is 4.99 Å². The molecule has 7 rings (SSSR count). The molecule has 3 aliphatic rings. The van der Waals surface area contributed by atoms with E-state index in [0.29, 0.717) is 11.7 Å². The van der Waals surface area contributed by atoms with Gasteiger partial charge in [0.15, 0.2) is 11.1 Å². The van der Waals surface area contributed by atoms with Crippen LogP contribution >= 0.6 is 0 Å². The number of nitrogens with zero attached hydrogens (tertiary/aromatic N) is 4. The zero-order valence-electron chi connectivity index (χ0n) is 31.5. The van der Waals surface area contributed by atoms with Crippen molar-refractivity contribution in [2.45, 2.75) is 90.6 Å². The smallest absolute Gasteiger partial charge is 0.364 e. The summed E-state index contributed by atoms with van der Waals surface area (Å²) >= 11 is 0. The Balaban J connectivity index is 1.40. The van der Waals surface area contributed by atoms with Crippen molar-refractivity contribution in [1.29, 1.82) is 0 Å². The van der Waals surface area contributed by atoms with Crippen LogP contribution in [0.2, 0.25) is 13.1 Å². The minimum atomic E-state index is -2.43. The van der Waals surface area contributed by atoms with E-state index in [2.05, 4.69) is 122 Å². The monoisotopic (exact) mass is 692 g/mol. The van der Waals surface area contributed by atoms with E-state index in [9.17, 15) is 10.1 Å².